The number of thioether (sulfide) groups is 1. The molecule has 8 nitrogen and oxygen atoms in total. The first-order valence-corrected chi connectivity index (χ1v) is 11.9. The third-order valence-electron chi connectivity index (χ3n) is 4.68. The summed E-state index contributed by atoms with van der Waals surface area (Å²) in [5.74, 6) is 0.175. The van der Waals surface area contributed by atoms with E-state index in [1.165, 1.54) is 0 Å². The Morgan fingerprint density at radius 1 is 1.09 bits per heavy atom. The number of hydrogen-bond acceptors (Lipinski definition) is 7. The van der Waals surface area contributed by atoms with E-state index in [1.807, 2.05) is 62.4 Å². The number of ether oxygens (including phenoxy) is 1. The van der Waals surface area contributed by atoms with E-state index in [0.717, 1.165) is 34.1 Å². The van der Waals surface area contributed by atoms with Crippen molar-refractivity contribution in [2.24, 2.45) is 0 Å². The van der Waals surface area contributed by atoms with Crippen molar-refractivity contribution >= 4 is 29.4 Å². The number of aryl methyl sites for hydroxylation is 2. The SMILES string of the molecule is Cc1ccc(NC(=O)CSc2nnc(C(Cc3ccccc3)NC(=O)OC(C)(C)C)o2)c(C)c1. The molecule has 0 aliphatic heterocycles. The second kappa shape index (κ2) is 11.2. The molecule has 1 aromatic heterocycles. The quantitative estimate of drug-likeness (QED) is 0.424. The monoisotopic (exact) mass is 482 g/mol. The summed E-state index contributed by atoms with van der Waals surface area (Å²) in [6.45, 7) is 9.34. The summed E-state index contributed by atoms with van der Waals surface area (Å²) in [4.78, 5) is 24.8. The van der Waals surface area contributed by atoms with Crippen LogP contribution in [0.3, 0.4) is 0 Å². The lowest BCUT2D eigenvalue weighted by atomic mass is 10.1. The Morgan fingerprint density at radius 3 is 2.50 bits per heavy atom. The molecule has 2 aromatic carbocycles. The van der Waals surface area contributed by atoms with Crippen molar-refractivity contribution in [1.82, 2.24) is 15.5 Å². The second-order valence-corrected chi connectivity index (χ2v) is 9.88. The second-order valence-electron chi connectivity index (χ2n) is 8.95. The van der Waals surface area contributed by atoms with Crippen LogP contribution in [0.5, 0.6) is 0 Å². The molecule has 2 amide bonds. The lowest BCUT2D eigenvalue weighted by molar-refractivity contribution is -0.113. The van der Waals surface area contributed by atoms with Gasteiger partial charge in [0, 0.05) is 12.1 Å². The summed E-state index contributed by atoms with van der Waals surface area (Å²) in [5, 5.41) is 14.1. The van der Waals surface area contributed by atoms with Gasteiger partial charge in [0.15, 0.2) is 0 Å². The van der Waals surface area contributed by atoms with E-state index in [4.69, 9.17) is 9.15 Å². The van der Waals surface area contributed by atoms with E-state index in [2.05, 4.69) is 20.8 Å². The molecule has 0 aliphatic carbocycles. The predicted molar refractivity (Wildman–Crippen MR) is 132 cm³/mol. The number of nitrogens with zero attached hydrogens (tertiary/aromatic N) is 2. The molecule has 0 saturated carbocycles. The van der Waals surface area contributed by atoms with Crippen LogP contribution >= 0.6 is 11.8 Å². The zero-order valence-electron chi connectivity index (χ0n) is 20.0. The maximum absolute atomic E-state index is 12.4. The molecule has 0 fully saturated rings. The molecule has 2 N–H and O–H groups in total. The Labute approximate surface area is 203 Å². The fraction of sp³-hybridized carbons (Fsp3) is 0.360. The Hall–Kier alpha value is -3.33. The van der Waals surface area contributed by atoms with Gasteiger partial charge >= 0.3 is 6.09 Å². The highest BCUT2D eigenvalue weighted by molar-refractivity contribution is 7.99. The molecule has 0 radical (unpaired) electrons. The molecular formula is C25H30N4O4S. The first-order valence-electron chi connectivity index (χ1n) is 11.0. The van der Waals surface area contributed by atoms with Gasteiger partial charge in [0.05, 0.1) is 5.75 Å². The van der Waals surface area contributed by atoms with Gasteiger partial charge in [-0.1, -0.05) is 59.8 Å². The number of hydrogen-bond donors (Lipinski definition) is 2. The van der Waals surface area contributed by atoms with Gasteiger partial charge in [-0.15, -0.1) is 10.2 Å². The Balaban J connectivity index is 1.65. The number of benzene rings is 2. The van der Waals surface area contributed by atoms with Gasteiger partial charge in [-0.3, -0.25) is 4.79 Å². The highest BCUT2D eigenvalue weighted by Crippen LogP contribution is 2.24. The van der Waals surface area contributed by atoms with Gasteiger partial charge in [-0.05, 0) is 51.8 Å². The highest BCUT2D eigenvalue weighted by Gasteiger charge is 2.25. The number of carbonyl (C=O) groups excluding carboxylic acids is 2. The van der Waals surface area contributed by atoms with E-state index in [1.54, 1.807) is 20.8 Å². The molecule has 1 unspecified atom stereocenters. The number of nitrogens with one attached hydrogen (secondary N) is 2. The molecule has 9 heteroatoms. The number of carbonyl (C=O) groups is 2. The summed E-state index contributed by atoms with van der Waals surface area (Å²) in [6.07, 6.45) is -0.131. The van der Waals surface area contributed by atoms with Gasteiger partial charge in [-0.2, -0.15) is 0 Å². The highest BCUT2D eigenvalue weighted by atomic mass is 32.2. The molecule has 1 heterocycles. The Kier molecular flexibility index (Phi) is 8.33. The van der Waals surface area contributed by atoms with Crippen molar-refractivity contribution in [3.63, 3.8) is 0 Å². The van der Waals surface area contributed by atoms with E-state index < -0.39 is 17.7 Å². The van der Waals surface area contributed by atoms with Crippen LogP contribution in [0.15, 0.2) is 58.2 Å². The average Bonchev–Trinajstić information content (AvgIpc) is 3.22. The summed E-state index contributed by atoms with van der Waals surface area (Å²) >= 11 is 1.13. The lowest BCUT2D eigenvalue weighted by Crippen LogP contribution is -2.36. The first kappa shape index (κ1) is 25.3. The zero-order chi connectivity index (χ0) is 24.7. The Bertz CT molecular complexity index is 1130. The summed E-state index contributed by atoms with van der Waals surface area (Å²) < 4.78 is 11.2. The number of aromatic nitrogens is 2. The van der Waals surface area contributed by atoms with E-state index in [-0.39, 0.29) is 22.8 Å². The standard InChI is InChI=1S/C25H30N4O4S/c1-16-11-12-19(17(2)13-16)26-21(30)15-34-24-29-28-22(32-24)20(14-18-9-7-6-8-10-18)27-23(31)33-25(3,4)5/h6-13,20H,14-15H2,1-5H3,(H,26,30)(H,27,31). The number of amides is 2. The van der Waals surface area contributed by atoms with Crippen molar-refractivity contribution in [2.75, 3.05) is 11.1 Å². The Morgan fingerprint density at radius 2 is 1.82 bits per heavy atom. The van der Waals surface area contributed by atoms with Crippen molar-refractivity contribution < 1.29 is 18.7 Å². The van der Waals surface area contributed by atoms with Crippen LogP contribution in [0, 0.1) is 13.8 Å². The summed E-state index contributed by atoms with van der Waals surface area (Å²) in [6, 6.07) is 14.9. The van der Waals surface area contributed by atoms with Gasteiger partial charge in [-0.25, -0.2) is 4.79 Å². The number of alkyl carbamates (subject to hydrolysis) is 1. The number of rotatable bonds is 8. The van der Waals surface area contributed by atoms with E-state index in [9.17, 15) is 9.59 Å². The maximum atomic E-state index is 12.4. The van der Waals surface area contributed by atoms with Crippen molar-refractivity contribution in [1.29, 1.82) is 0 Å². The largest absolute Gasteiger partial charge is 0.444 e. The average molecular weight is 483 g/mol. The summed E-state index contributed by atoms with van der Waals surface area (Å²) in [7, 11) is 0. The fourth-order valence-electron chi connectivity index (χ4n) is 3.19. The van der Waals surface area contributed by atoms with Crippen LogP contribution < -0.4 is 10.6 Å². The van der Waals surface area contributed by atoms with E-state index in [0.29, 0.717) is 6.42 Å². The van der Waals surface area contributed by atoms with Crippen molar-refractivity contribution in [3.8, 4) is 0 Å². The molecule has 0 bridgehead atoms. The van der Waals surface area contributed by atoms with Crippen molar-refractivity contribution in [2.45, 2.75) is 57.9 Å². The minimum atomic E-state index is -0.638. The molecule has 34 heavy (non-hydrogen) atoms. The third-order valence-corrected chi connectivity index (χ3v) is 5.49. The van der Waals surface area contributed by atoms with Crippen LogP contribution in [-0.4, -0.2) is 33.6 Å². The van der Waals surface area contributed by atoms with Gasteiger partial charge in [0.2, 0.25) is 11.8 Å². The molecule has 180 valence electrons. The molecular weight excluding hydrogens is 452 g/mol. The first-order chi connectivity index (χ1) is 16.1. The normalized spacial score (nSPS) is 12.1. The molecule has 0 aliphatic rings. The lowest BCUT2D eigenvalue weighted by Gasteiger charge is -2.22. The smallest absolute Gasteiger partial charge is 0.408 e. The third kappa shape index (κ3) is 7.91. The molecule has 3 rings (SSSR count). The molecule has 1 atom stereocenters. The summed E-state index contributed by atoms with van der Waals surface area (Å²) in [5.41, 5.74) is 3.25. The van der Waals surface area contributed by atoms with Crippen LogP contribution in [0.2, 0.25) is 0 Å². The minimum Gasteiger partial charge on any atom is -0.444 e. The molecule has 0 saturated heterocycles. The van der Waals surface area contributed by atoms with Crippen LogP contribution in [0.4, 0.5) is 10.5 Å². The van der Waals surface area contributed by atoms with Crippen LogP contribution in [-0.2, 0) is 16.0 Å². The molecule has 3 aromatic rings. The minimum absolute atomic E-state index is 0.109. The van der Waals surface area contributed by atoms with Crippen LogP contribution in [0.25, 0.3) is 0 Å². The fourth-order valence-corrected chi connectivity index (χ4v) is 3.76. The number of anilines is 1. The van der Waals surface area contributed by atoms with Crippen LogP contribution in [0.1, 0.15) is 49.4 Å². The molecule has 0 spiro atoms. The maximum Gasteiger partial charge on any atom is 0.408 e. The topological polar surface area (TPSA) is 106 Å². The van der Waals surface area contributed by atoms with Gasteiger partial charge in [0.25, 0.3) is 5.22 Å². The van der Waals surface area contributed by atoms with Gasteiger partial charge < -0.3 is 19.8 Å². The zero-order valence-corrected chi connectivity index (χ0v) is 20.9. The van der Waals surface area contributed by atoms with Gasteiger partial charge in [0.1, 0.15) is 11.6 Å². The predicted octanol–water partition coefficient (Wildman–Crippen LogP) is 5.23. The van der Waals surface area contributed by atoms with Crippen molar-refractivity contribution in [3.05, 3.63) is 71.1 Å². The van der Waals surface area contributed by atoms with E-state index >= 15 is 0 Å².